The second kappa shape index (κ2) is 8.98. The van der Waals surface area contributed by atoms with Gasteiger partial charge in [-0.1, -0.05) is 12.1 Å². The van der Waals surface area contributed by atoms with Crippen molar-refractivity contribution in [2.24, 2.45) is 0 Å². The number of nitrogens with one attached hydrogen (secondary N) is 1. The summed E-state index contributed by atoms with van der Waals surface area (Å²) in [6.07, 6.45) is 3.73. The maximum atomic E-state index is 12.2. The van der Waals surface area contributed by atoms with Gasteiger partial charge in [0, 0.05) is 24.5 Å². The zero-order chi connectivity index (χ0) is 20.9. The lowest BCUT2D eigenvalue weighted by molar-refractivity contribution is -0.147. The van der Waals surface area contributed by atoms with E-state index in [2.05, 4.69) is 15.2 Å². The van der Waals surface area contributed by atoms with Crippen molar-refractivity contribution in [2.45, 2.75) is 32.7 Å². The van der Waals surface area contributed by atoms with E-state index in [1.54, 1.807) is 4.57 Å². The van der Waals surface area contributed by atoms with Crippen LogP contribution in [0.3, 0.4) is 0 Å². The summed E-state index contributed by atoms with van der Waals surface area (Å²) in [5, 5.41) is 2.77. The van der Waals surface area contributed by atoms with Crippen molar-refractivity contribution in [1.82, 2.24) is 9.55 Å². The Hall–Kier alpha value is -3.35. The summed E-state index contributed by atoms with van der Waals surface area (Å²) < 4.78 is 6.95. The predicted octanol–water partition coefficient (Wildman–Crippen LogP) is 3.52. The van der Waals surface area contributed by atoms with E-state index in [-0.39, 0.29) is 19.1 Å². The largest absolute Gasteiger partial charge is 0.454 e. The van der Waals surface area contributed by atoms with Crippen molar-refractivity contribution >= 4 is 34.3 Å². The van der Waals surface area contributed by atoms with Crippen LogP contribution in [0, 0.1) is 6.92 Å². The second-order valence-corrected chi connectivity index (χ2v) is 7.54. The summed E-state index contributed by atoms with van der Waals surface area (Å²) in [5.74, 6) is -0.107. The van der Waals surface area contributed by atoms with E-state index in [9.17, 15) is 9.59 Å². The number of hydrogen-bond donors (Lipinski definition) is 1. The molecule has 1 aliphatic heterocycles. The van der Waals surface area contributed by atoms with Gasteiger partial charge in [0.25, 0.3) is 5.91 Å². The molecule has 1 amide bonds. The van der Waals surface area contributed by atoms with Gasteiger partial charge in [0.2, 0.25) is 0 Å². The molecule has 156 valence electrons. The number of piperidine rings is 1. The average molecular weight is 406 g/mol. The van der Waals surface area contributed by atoms with Crippen LogP contribution in [-0.2, 0) is 20.9 Å². The molecule has 2 heterocycles. The van der Waals surface area contributed by atoms with Crippen LogP contribution in [0.1, 0.15) is 25.1 Å². The van der Waals surface area contributed by atoms with E-state index in [4.69, 9.17) is 4.74 Å². The van der Waals surface area contributed by atoms with Crippen LogP contribution in [0.25, 0.3) is 11.0 Å². The summed E-state index contributed by atoms with van der Waals surface area (Å²) in [6, 6.07) is 15.4. The fourth-order valence-electron chi connectivity index (χ4n) is 3.82. The molecule has 2 aromatic carbocycles. The number of aromatic nitrogens is 2. The molecule has 30 heavy (non-hydrogen) atoms. The number of anilines is 2. The number of carbonyl (C=O) groups excluding carboxylic acids is 2. The zero-order valence-electron chi connectivity index (χ0n) is 17.1. The number of carbonyl (C=O) groups is 2. The minimum absolute atomic E-state index is 0.0180. The summed E-state index contributed by atoms with van der Waals surface area (Å²) >= 11 is 0. The van der Waals surface area contributed by atoms with Crippen molar-refractivity contribution < 1.29 is 14.3 Å². The molecule has 7 heteroatoms. The molecular weight excluding hydrogens is 380 g/mol. The summed E-state index contributed by atoms with van der Waals surface area (Å²) in [4.78, 5) is 31.2. The first kappa shape index (κ1) is 19.9. The molecule has 7 nitrogen and oxygen atoms in total. The lowest BCUT2D eigenvalue weighted by Gasteiger charge is -2.28. The Balaban J connectivity index is 1.28. The van der Waals surface area contributed by atoms with Gasteiger partial charge in [-0.2, -0.15) is 0 Å². The standard InChI is InChI=1S/C23H26N4O3/c1-17-24-20-7-3-4-8-21(20)27(17)15-23(29)30-16-22(28)25-18-9-11-19(12-10-18)26-13-5-2-6-14-26/h3-4,7-12H,2,5-6,13-16H2,1H3,(H,25,28). The fourth-order valence-corrected chi connectivity index (χ4v) is 3.82. The number of amides is 1. The van der Waals surface area contributed by atoms with Crippen LogP contribution in [0.15, 0.2) is 48.5 Å². The maximum Gasteiger partial charge on any atom is 0.326 e. The SMILES string of the molecule is Cc1nc2ccccc2n1CC(=O)OCC(=O)Nc1ccc(N2CCCCC2)cc1. The van der Waals surface area contributed by atoms with Gasteiger partial charge in [0.15, 0.2) is 6.61 Å². The molecule has 0 spiro atoms. The number of rotatable bonds is 6. The predicted molar refractivity (Wildman–Crippen MR) is 117 cm³/mol. The van der Waals surface area contributed by atoms with Crippen molar-refractivity contribution in [3.63, 3.8) is 0 Å². The van der Waals surface area contributed by atoms with Crippen LogP contribution in [0.4, 0.5) is 11.4 Å². The van der Waals surface area contributed by atoms with Gasteiger partial charge in [-0.05, 0) is 62.6 Å². The number of aryl methyl sites for hydroxylation is 1. The highest BCUT2D eigenvalue weighted by atomic mass is 16.5. The molecule has 1 fully saturated rings. The number of esters is 1. The highest BCUT2D eigenvalue weighted by Crippen LogP contribution is 2.21. The number of fused-ring (bicyclic) bond motifs is 1. The first-order valence-electron chi connectivity index (χ1n) is 10.3. The fraction of sp³-hybridized carbons (Fsp3) is 0.348. The third-order valence-corrected chi connectivity index (χ3v) is 5.37. The van der Waals surface area contributed by atoms with Crippen molar-refractivity contribution in [3.05, 3.63) is 54.4 Å². The lowest BCUT2D eigenvalue weighted by atomic mass is 10.1. The Morgan fingerprint density at radius 1 is 1.03 bits per heavy atom. The first-order valence-corrected chi connectivity index (χ1v) is 10.3. The smallest absolute Gasteiger partial charge is 0.326 e. The molecule has 4 rings (SSSR count). The molecule has 0 aliphatic carbocycles. The van der Waals surface area contributed by atoms with Gasteiger partial charge >= 0.3 is 5.97 Å². The van der Waals surface area contributed by atoms with Crippen LogP contribution in [0.5, 0.6) is 0 Å². The van der Waals surface area contributed by atoms with Crippen molar-refractivity contribution in [1.29, 1.82) is 0 Å². The average Bonchev–Trinajstić information content (AvgIpc) is 3.08. The Labute approximate surface area is 175 Å². The molecule has 0 saturated carbocycles. The number of benzene rings is 2. The molecule has 1 saturated heterocycles. The molecule has 0 unspecified atom stereocenters. The van der Waals surface area contributed by atoms with E-state index in [1.165, 1.54) is 24.9 Å². The number of para-hydroxylation sites is 2. The lowest BCUT2D eigenvalue weighted by Crippen LogP contribution is -2.29. The highest BCUT2D eigenvalue weighted by Gasteiger charge is 2.14. The topological polar surface area (TPSA) is 76.5 Å². The van der Waals surface area contributed by atoms with E-state index in [0.717, 1.165) is 29.9 Å². The summed E-state index contributed by atoms with van der Waals surface area (Å²) in [5.41, 5.74) is 3.55. The van der Waals surface area contributed by atoms with E-state index in [0.29, 0.717) is 5.69 Å². The Morgan fingerprint density at radius 3 is 2.53 bits per heavy atom. The normalized spacial score (nSPS) is 14.0. The molecule has 0 radical (unpaired) electrons. The summed E-state index contributed by atoms with van der Waals surface area (Å²) in [7, 11) is 0. The molecule has 0 bridgehead atoms. The molecule has 1 aliphatic rings. The Kier molecular flexibility index (Phi) is 5.97. The van der Waals surface area contributed by atoms with Crippen LogP contribution in [-0.4, -0.2) is 41.1 Å². The second-order valence-electron chi connectivity index (χ2n) is 7.54. The third kappa shape index (κ3) is 4.62. The van der Waals surface area contributed by atoms with E-state index >= 15 is 0 Å². The first-order chi connectivity index (χ1) is 14.6. The molecule has 1 N–H and O–H groups in total. The van der Waals surface area contributed by atoms with Gasteiger partial charge in [-0.15, -0.1) is 0 Å². The molecular formula is C23H26N4O3. The van der Waals surface area contributed by atoms with Gasteiger partial charge < -0.3 is 19.5 Å². The van der Waals surface area contributed by atoms with Gasteiger partial charge in [0.1, 0.15) is 12.4 Å². The highest BCUT2D eigenvalue weighted by molar-refractivity contribution is 5.93. The Morgan fingerprint density at radius 2 is 1.77 bits per heavy atom. The van der Waals surface area contributed by atoms with Crippen molar-refractivity contribution in [3.8, 4) is 0 Å². The Bertz CT molecular complexity index is 1040. The summed E-state index contributed by atoms with van der Waals surface area (Å²) in [6.45, 7) is 3.69. The van der Waals surface area contributed by atoms with Crippen LogP contribution >= 0.6 is 0 Å². The molecule has 1 aromatic heterocycles. The van der Waals surface area contributed by atoms with Crippen LogP contribution < -0.4 is 10.2 Å². The van der Waals surface area contributed by atoms with Gasteiger partial charge in [-0.25, -0.2) is 4.98 Å². The monoisotopic (exact) mass is 406 g/mol. The van der Waals surface area contributed by atoms with Crippen LogP contribution in [0.2, 0.25) is 0 Å². The zero-order valence-corrected chi connectivity index (χ0v) is 17.1. The number of imidazole rings is 1. The maximum absolute atomic E-state index is 12.2. The third-order valence-electron chi connectivity index (χ3n) is 5.37. The minimum atomic E-state index is -0.475. The molecule has 0 atom stereocenters. The van der Waals surface area contributed by atoms with E-state index in [1.807, 2.05) is 55.5 Å². The number of ether oxygens (including phenoxy) is 1. The van der Waals surface area contributed by atoms with Crippen molar-refractivity contribution in [2.75, 3.05) is 29.9 Å². The quantitative estimate of drug-likeness (QED) is 0.634. The minimum Gasteiger partial charge on any atom is -0.454 e. The number of nitrogens with zero attached hydrogens (tertiary/aromatic N) is 3. The van der Waals surface area contributed by atoms with Gasteiger partial charge in [-0.3, -0.25) is 9.59 Å². The van der Waals surface area contributed by atoms with Gasteiger partial charge in [0.05, 0.1) is 11.0 Å². The molecule has 3 aromatic rings. The number of hydrogen-bond acceptors (Lipinski definition) is 5. The van der Waals surface area contributed by atoms with E-state index < -0.39 is 5.97 Å².